The molecule has 622 valence electrons. The molecule has 12 N–H and O–H groups in total. The van der Waals surface area contributed by atoms with Crippen LogP contribution in [0.25, 0.3) is 0 Å². The number of hydrogen-bond donors (Lipinski definition) is 6. The van der Waals surface area contributed by atoms with Gasteiger partial charge in [0.1, 0.15) is 70.5 Å². The smallest absolute Gasteiger partial charge is 0.416 e. The van der Waals surface area contributed by atoms with E-state index in [4.69, 9.17) is 73.6 Å². The number of benzene rings is 10. The molecule has 10 aromatic rings. The number of sulfonamides is 5. The van der Waals surface area contributed by atoms with Gasteiger partial charge in [-0.3, -0.25) is 35.1 Å². The Labute approximate surface area is 708 Å². The van der Waals surface area contributed by atoms with Crippen LogP contribution in [0.4, 0.5) is 49.1 Å². The number of anilines is 1. The average Bonchev–Trinajstić information content (AvgIpc) is 0.812. The summed E-state index contributed by atoms with van der Waals surface area (Å²) in [4.78, 5) is 37.9. The normalized spacial score (nSPS) is 11.3. The van der Waals surface area contributed by atoms with E-state index in [1.54, 1.807) is 72.8 Å². The van der Waals surface area contributed by atoms with Gasteiger partial charge >= 0.3 is 18.3 Å². The molecule has 0 aliphatic rings. The van der Waals surface area contributed by atoms with E-state index < -0.39 is 113 Å². The first-order valence-electron chi connectivity index (χ1n) is 31.4. The van der Waals surface area contributed by atoms with E-state index in [1.807, 2.05) is 94.6 Å². The fraction of sp³-hybridized carbons (Fsp3) is 0.100. The molecule has 0 bridgehead atoms. The summed E-state index contributed by atoms with van der Waals surface area (Å²) in [6.45, 7) is 1.89. The molecule has 0 aromatic heterocycles. The molecular weight excluding hydrogens is 2000 g/mol. The van der Waals surface area contributed by atoms with E-state index in [2.05, 4.69) is 32.5 Å². The number of nitro benzene ring substituents is 3. The number of nitrogens with zero attached hydrogens (tertiary/aromatic N) is 3. The van der Waals surface area contributed by atoms with Crippen molar-refractivity contribution >= 4 is 163 Å². The zero-order chi connectivity index (χ0) is 87.9. The Morgan fingerprint density at radius 3 is 1.20 bits per heavy atom. The first-order chi connectivity index (χ1) is 54.2. The summed E-state index contributed by atoms with van der Waals surface area (Å²) in [6.07, 6.45) is -7.64. The lowest BCUT2D eigenvalue weighted by Crippen LogP contribution is -2.15. The number of rotatable bonds is 19. The molecule has 0 unspecified atom stereocenters. The van der Waals surface area contributed by atoms with Gasteiger partial charge in [-0.25, -0.2) is 67.8 Å². The Morgan fingerprint density at radius 1 is 0.453 bits per heavy atom. The van der Waals surface area contributed by atoms with Crippen molar-refractivity contribution in [2.24, 2.45) is 25.7 Å². The van der Waals surface area contributed by atoms with Crippen molar-refractivity contribution in [3.8, 4) is 57.8 Å². The summed E-state index contributed by atoms with van der Waals surface area (Å²) >= 11 is 18.2. The summed E-state index contributed by atoms with van der Waals surface area (Å²) in [7, 11) is -19.6. The number of methoxy groups -OCH3 is 1. The molecule has 0 spiro atoms. The van der Waals surface area contributed by atoms with Gasteiger partial charge in [-0.2, -0.15) is 26.3 Å². The molecule has 0 atom stereocenters. The molecule has 0 aliphatic carbocycles. The average molecular weight is 2060 g/mol. The number of halogens is 11. The molecule has 117 heavy (non-hydrogen) atoms. The number of alkyl halides is 6. The van der Waals surface area contributed by atoms with Gasteiger partial charge in [0, 0.05) is 49.2 Å². The van der Waals surface area contributed by atoms with Crippen LogP contribution in [0.1, 0.15) is 41.5 Å². The summed E-state index contributed by atoms with van der Waals surface area (Å²) in [5.74, 6) is 7.87. The maximum absolute atomic E-state index is 12.7. The molecule has 10 rings (SSSR count). The minimum Gasteiger partial charge on any atom is -0.469 e. The molecule has 31 nitrogen and oxygen atoms in total. The van der Waals surface area contributed by atoms with Crippen LogP contribution >= 0.6 is 84.3 Å². The van der Waals surface area contributed by atoms with Crippen molar-refractivity contribution in [2.75, 3.05) is 12.8 Å². The predicted octanol–water partition coefficient (Wildman–Crippen LogP) is 16.2. The van der Waals surface area contributed by atoms with Crippen LogP contribution in [0, 0.1) is 56.2 Å². The number of non-ortho nitro benzene ring substituents is 3. The van der Waals surface area contributed by atoms with Crippen LogP contribution in [-0.2, 0) is 72.0 Å². The summed E-state index contributed by atoms with van der Waals surface area (Å²) in [5, 5.41) is 56.0. The summed E-state index contributed by atoms with van der Waals surface area (Å²) in [6, 6.07) is 47.2. The van der Waals surface area contributed by atoms with Gasteiger partial charge in [-0.05, 0) is 195 Å². The van der Waals surface area contributed by atoms with Gasteiger partial charge in [0.25, 0.3) is 17.1 Å². The molecule has 0 heterocycles. The van der Waals surface area contributed by atoms with Crippen molar-refractivity contribution in [3.05, 3.63) is 281 Å². The van der Waals surface area contributed by atoms with E-state index in [0.29, 0.717) is 79.9 Å². The highest BCUT2D eigenvalue weighted by atomic mass is 127. The van der Waals surface area contributed by atoms with Crippen LogP contribution in [-0.4, -0.2) is 69.9 Å². The molecule has 0 amide bonds. The predicted molar refractivity (Wildman–Crippen MR) is 437 cm³/mol. The zero-order valence-electron chi connectivity index (χ0n) is 59.2. The highest BCUT2D eigenvalue weighted by Crippen LogP contribution is 2.40. The SMILES string of the molecule is COC(=O)CCCC#Cc1ccccc1Oc1ccccc1N.Cc1ccc(Oc2ccc([N+](=O)[O-])cc2S(N)(=O)=O)c(Br)c1.NS(=O)(=O)c1cc(C(F)(F)F)ccc1Cl.NS(=O)(=O)c1cc(C(F)(F)F)ccc1Oc1ccccc1I.NS(=O)(=O)c1cc([N+](=O)[O-])ccc1Cl.NS(=O)(=O)c1cc([N+](=O)[O-])ccc1Oc1ccccc1I. The number of carbonyl (C=O) groups is 1. The first-order valence-corrected chi connectivity index (χ1v) is 42.8. The number of carbonyl (C=O) groups excluding carboxylic acids is 1. The van der Waals surface area contributed by atoms with E-state index >= 15 is 0 Å². The van der Waals surface area contributed by atoms with Gasteiger partial charge in [0.2, 0.25) is 50.1 Å². The number of hydrogen-bond acceptors (Lipinski definition) is 23. The van der Waals surface area contributed by atoms with Crippen molar-refractivity contribution in [1.82, 2.24) is 0 Å². The third-order valence-electron chi connectivity index (χ3n) is 14.0. The minimum atomic E-state index is -4.68. The second-order valence-corrected chi connectivity index (χ2v) is 34.3. The number of esters is 1. The number of nitrogen functional groups attached to an aromatic ring is 1. The largest absolute Gasteiger partial charge is 0.469 e. The lowest BCUT2D eigenvalue weighted by atomic mass is 10.2. The molecule has 0 saturated heterocycles. The maximum Gasteiger partial charge on any atom is 0.416 e. The van der Waals surface area contributed by atoms with Gasteiger partial charge in [-0.15, -0.1) is 0 Å². The van der Waals surface area contributed by atoms with Crippen LogP contribution in [0.3, 0.4) is 0 Å². The highest BCUT2D eigenvalue weighted by molar-refractivity contribution is 14.1. The number of primary sulfonamides is 5. The third kappa shape index (κ3) is 31.1. The summed E-state index contributed by atoms with van der Waals surface area (Å²) < 4.78 is 217. The second-order valence-electron chi connectivity index (χ2n) is 22.6. The Bertz CT molecular complexity index is 6050. The van der Waals surface area contributed by atoms with E-state index in [1.165, 1.54) is 19.2 Å². The third-order valence-corrected chi connectivity index (χ3v) is 22.0. The highest BCUT2D eigenvalue weighted by Gasteiger charge is 2.34. The monoisotopic (exact) mass is 2050 g/mol. The Balaban J connectivity index is 0.000000252. The minimum absolute atomic E-state index is 0.0628. The zero-order valence-corrected chi connectivity index (χ0v) is 70.7. The molecule has 0 aliphatic heterocycles. The molecule has 0 radical (unpaired) electrons. The summed E-state index contributed by atoms with van der Waals surface area (Å²) in [5.41, 5.74) is 4.86. The van der Waals surface area contributed by atoms with E-state index in [-0.39, 0.29) is 50.3 Å². The fourth-order valence-electron chi connectivity index (χ4n) is 8.58. The maximum atomic E-state index is 12.7. The lowest BCUT2D eigenvalue weighted by molar-refractivity contribution is -0.385. The Hall–Kier alpha value is -9.92. The van der Waals surface area contributed by atoms with Crippen molar-refractivity contribution < 1.29 is 112 Å². The number of para-hydroxylation sites is 5. The van der Waals surface area contributed by atoms with Gasteiger partial charge in [0.15, 0.2) is 0 Å². The van der Waals surface area contributed by atoms with Gasteiger partial charge in [-0.1, -0.05) is 89.6 Å². The quantitative estimate of drug-likeness (QED) is 0.00640. The number of nitro groups is 3. The van der Waals surface area contributed by atoms with Crippen molar-refractivity contribution in [1.29, 1.82) is 0 Å². The van der Waals surface area contributed by atoms with Crippen LogP contribution < -0.4 is 50.4 Å². The number of aryl methyl sites for hydroxylation is 1. The number of unbranched alkanes of at least 4 members (excludes halogenated alkanes) is 1. The Kier molecular flexibility index (Phi) is 35.4. The first kappa shape index (κ1) is 97.7. The molecule has 10 aromatic carbocycles. The number of ether oxygens (including phenoxy) is 5. The van der Waals surface area contributed by atoms with Gasteiger partial charge < -0.3 is 29.4 Å². The van der Waals surface area contributed by atoms with Crippen LogP contribution in [0.2, 0.25) is 10.0 Å². The van der Waals surface area contributed by atoms with Crippen LogP contribution in [0.15, 0.2) is 235 Å². The van der Waals surface area contributed by atoms with E-state index in [9.17, 15) is 104 Å². The topological polar surface area (TPSA) is 519 Å². The fourth-order valence-corrected chi connectivity index (χ4v) is 14.3. The van der Waals surface area contributed by atoms with Gasteiger partial charge in [0.05, 0.1) is 65.9 Å². The molecule has 0 fully saturated rings. The van der Waals surface area contributed by atoms with Crippen molar-refractivity contribution in [2.45, 2.75) is 63.0 Å². The molecular formula is C70H58BrCl2F6I2N9O22S5. The lowest BCUT2D eigenvalue weighted by Gasteiger charge is -2.13. The Morgan fingerprint density at radius 2 is 0.786 bits per heavy atom. The molecule has 0 saturated carbocycles. The van der Waals surface area contributed by atoms with Crippen molar-refractivity contribution in [3.63, 3.8) is 0 Å². The standard InChI is InChI=1S/C19H19NO3.C13H11BrN2O5S.C13H9F3INO3S.C12H9IN2O5S.C7H5ClF3NO2S.C6H5ClN2O4S/c1-22-19(21)14-4-2-3-9-15-10-5-7-12-17(15)23-18-13-8-6-11-16(18)20;1-8-2-4-11(10(14)6-8)21-12-5-3-9(16(17)18)7-13(12)22(15,19)20;14-13(15,16)8-5-6-11(12(7-8)22(18,19)20)21-10-4-2-1-3-9(10)17;13-9-3-1-2-4-10(9)20-11-6-5-8(15(16)17)7-12(11)21(14,18)19;8-5-2-1-4(7(9,10)11)3-6(5)15(12,13)14;7-5-2-1-4(9(10)11)3-6(5)14(8,12)13/h5-8,10-13H,2,4,14,20H2,1H3;2-7H,1H3,(H2,15,19,20);1-7H,(H2,18,19,20);1-7H,(H2,14,18,19);1-3H,(H2,12,13,14);1-3H,(H2,8,12,13). The second kappa shape index (κ2) is 42.5. The molecule has 47 heteroatoms. The van der Waals surface area contributed by atoms with E-state index in [0.717, 1.165) is 75.4 Å². The van der Waals surface area contributed by atoms with Crippen LogP contribution in [0.5, 0.6) is 46.0 Å². The number of nitrogens with two attached hydrogens (primary N) is 6.